The maximum atomic E-state index is 12.5. The smallest absolute Gasteiger partial charge is 0.223 e. The Kier molecular flexibility index (Phi) is 5.09. The van der Waals surface area contributed by atoms with Crippen LogP contribution in [0.3, 0.4) is 0 Å². The summed E-state index contributed by atoms with van der Waals surface area (Å²) in [5.41, 5.74) is 5.78. The van der Waals surface area contributed by atoms with Gasteiger partial charge in [-0.05, 0) is 56.7 Å². The number of nitrogens with two attached hydrogens (primary N) is 1. The second kappa shape index (κ2) is 6.65. The molecular formula is C17H28N2O2. The highest BCUT2D eigenvalue weighted by Crippen LogP contribution is 2.31. The first kappa shape index (κ1) is 16.1. The Hall–Kier alpha value is -1.29. The van der Waals surface area contributed by atoms with Gasteiger partial charge in [0.1, 0.15) is 11.5 Å². The predicted molar refractivity (Wildman–Crippen MR) is 83.7 cm³/mol. The van der Waals surface area contributed by atoms with Crippen LogP contribution in [0.15, 0.2) is 16.5 Å². The van der Waals surface area contributed by atoms with Crippen LogP contribution in [0.1, 0.15) is 57.5 Å². The van der Waals surface area contributed by atoms with E-state index in [2.05, 4.69) is 13.8 Å². The summed E-state index contributed by atoms with van der Waals surface area (Å²) in [6.07, 6.45) is 4.70. The average molecular weight is 292 g/mol. The number of nitrogens with zero attached hydrogens (tertiary/aromatic N) is 1. The summed E-state index contributed by atoms with van der Waals surface area (Å²) in [5, 5.41) is 0. The highest BCUT2D eigenvalue weighted by Gasteiger charge is 2.33. The second-order valence-corrected chi connectivity index (χ2v) is 6.97. The molecule has 1 aromatic rings. The second-order valence-electron chi connectivity index (χ2n) is 6.97. The SMILES string of the molecule is Cc1ccc(CN(C(=O)CCC(C)(C)CCN)C2CC2)o1. The lowest BCUT2D eigenvalue weighted by molar-refractivity contribution is -0.133. The first-order valence-electron chi connectivity index (χ1n) is 7.96. The van der Waals surface area contributed by atoms with E-state index in [1.54, 1.807) is 0 Å². The zero-order valence-electron chi connectivity index (χ0n) is 13.5. The maximum absolute atomic E-state index is 12.5. The summed E-state index contributed by atoms with van der Waals surface area (Å²) in [6.45, 7) is 7.59. The zero-order chi connectivity index (χ0) is 15.5. The molecule has 1 fully saturated rings. The zero-order valence-corrected chi connectivity index (χ0v) is 13.5. The summed E-state index contributed by atoms with van der Waals surface area (Å²) < 4.78 is 5.62. The fourth-order valence-electron chi connectivity index (χ4n) is 2.65. The number of hydrogen-bond donors (Lipinski definition) is 1. The van der Waals surface area contributed by atoms with Gasteiger partial charge in [0.05, 0.1) is 6.54 Å². The number of amides is 1. The Morgan fingerprint density at radius 3 is 2.62 bits per heavy atom. The quantitative estimate of drug-likeness (QED) is 0.800. The van der Waals surface area contributed by atoms with Gasteiger partial charge < -0.3 is 15.1 Å². The molecule has 118 valence electrons. The van der Waals surface area contributed by atoms with Crippen LogP contribution in [0.4, 0.5) is 0 Å². The van der Waals surface area contributed by atoms with Crippen LogP contribution in [-0.4, -0.2) is 23.4 Å². The molecule has 21 heavy (non-hydrogen) atoms. The van der Waals surface area contributed by atoms with Crippen LogP contribution in [0.5, 0.6) is 0 Å². The first-order chi connectivity index (χ1) is 9.91. The minimum Gasteiger partial charge on any atom is -0.464 e. The molecule has 0 aliphatic heterocycles. The molecule has 1 amide bonds. The van der Waals surface area contributed by atoms with E-state index in [-0.39, 0.29) is 11.3 Å². The molecule has 1 saturated carbocycles. The van der Waals surface area contributed by atoms with Crippen LogP contribution in [0.2, 0.25) is 0 Å². The van der Waals surface area contributed by atoms with Gasteiger partial charge in [0.15, 0.2) is 0 Å². The lowest BCUT2D eigenvalue weighted by atomic mass is 9.84. The Morgan fingerprint density at radius 2 is 2.10 bits per heavy atom. The van der Waals surface area contributed by atoms with E-state index >= 15 is 0 Å². The van der Waals surface area contributed by atoms with Crippen LogP contribution < -0.4 is 5.73 Å². The molecule has 1 heterocycles. The molecule has 0 radical (unpaired) electrons. The van der Waals surface area contributed by atoms with Crippen LogP contribution in [-0.2, 0) is 11.3 Å². The van der Waals surface area contributed by atoms with E-state index in [0.29, 0.717) is 25.6 Å². The van der Waals surface area contributed by atoms with E-state index in [9.17, 15) is 4.79 Å². The minimum absolute atomic E-state index is 0.140. The monoisotopic (exact) mass is 292 g/mol. The maximum Gasteiger partial charge on any atom is 0.223 e. The van der Waals surface area contributed by atoms with Crippen molar-refractivity contribution >= 4 is 5.91 Å². The molecule has 2 rings (SSSR count). The van der Waals surface area contributed by atoms with Crippen molar-refractivity contribution in [1.82, 2.24) is 4.90 Å². The summed E-state index contributed by atoms with van der Waals surface area (Å²) in [7, 11) is 0. The van der Waals surface area contributed by atoms with Crippen molar-refractivity contribution in [3.63, 3.8) is 0 Å². The summed E-state index contributed by atoms with van der Waals surface area (Å²) in [5.74, 6) is 2.03. The van der Waals surface area contributed by atoms with Crippen molar-refractivity contribution in [3.05, 3.63) is 23.7 Å². The van der Waals surface area contributed by atoms with Gasteiger partial charge in [-0.1, -0.05) is 13.8 Å². The average Bonchev–Trinajstić information content (AvgIpc) is 3.17. The molecule has 2 N–H and O–H groups in total. The molecule has 0 aromatic carbocycles. The van der Waals surface area contributed by atoms with E-state index in [1.807, 2.05) is 24.0 Å². The molecule has 0 saturated heterocycles. The van der Waals surface area contributed by atoms with Gasteiger partial charge in [0.2, 0.25) is 5.91 Å². The minimum atomic E-state index is 0.140. The Balaban J connectivity index is 1.90. The topological polar surface area (TPSA) is 59.5 Å². The van der Waals surface area contributed by atoms with Crippen molar-refractivity contribution < 1.29 is 9.21 Å². The molecule has 0 unspecified atom stereocenters. The third kappa shape index (κ3) is 4.88. The fourth-order valence-corrected chi connectivity index (χ4v) is 2.65. The third-order valence-corrected chi connectivity index (χ3v) is 4.27. The number of rotatable bonds is 8. The highest BCUT2D eigenvalue weighted by atomic mass is 16.3. The van der Waals surface area contributed by atoms with Crippen molar-refractivity contribution in [2.45, 2.75) is 65.5 Å². The fraction of sp³-hybridized carbons (Fsp3) is 0.706. The van der Waals surface area contributed by atoms with Gasteiger partial charge in [0, 0.05) is 12.5 Å². The first-order valence-corrected chi connectivity index (χ1v) is 7.96. The van der Waals surface area contributed by atoms with Crippen molar-refractivity contribution in [2.24, 2.45) is 11.1 Å². The standard InChI is InChI=1S/C17H28N2O2/c1-13-4-7-15(21-13)12-19(14-5-6-14)16(20)8-9-17(2,3)10-11-18/h4,7,14H,5-6,8-12,18H2,1-3H3. The number of carbonyl (C=O) groups excluding carboxylic acids is 1. The summed E-state index contributed by atoms with van der Waals surface area (Å²) in [4.78, 5) is 14.5. The van der Waals surface area contributed by atoms with Gasteiger partial charge >= 0.3 is 0 Å². The Morgan fingerprint density at radius 1 is 1.38 bits per heavy atom. The molecule has 4 heteroatoms. The number of furan rings is 1. The molecular weight excluding hydrogens is 264 g/mol. The number of aryl methyl sites for hydroxylation is 1. The molecule has 1 aromatic heterocycles. The largest absolute Gasteiger partial charge is 0.464 e. The van der Waals surface area contributed by atoms with Gasteiger partial charge in [-0.25, -0.2) is 0 Å². The van der Waals surface area contributed by atoms with Crippen molar-refractivity contribution in [2.75, 3.05) is 6.54 Å². The van der Waals surface area contributed by atoms with Crippen molar-refractivity contribution in [3.8, 4) is 0 Å². The molecule has 0 spiro atoms. The predicted octanol–water partition coefficient (Wildman–Crippen LogP) is 3.23. The lowest BCUT2D eigenvalue weighted by Crippen LogP contribution is -2.33. The lowest BCUT2D eigenvalue weighted by Gasteiger charge is -2.26. The van der Waals surface area contributed by atoms with Crippen LogP contribution in [0.25, 0.3) is 0 Å². The number of carbonyl (C=O) groups is 1. The highest BCUT2D eigenvalue weighted by molar-refractivity contribution is 5.76. The van der Waals surface area contributed by atoms with Crippen LogP contribution in [0, 0.1) is 12.3 Å². The van der Waals surface area contributed by atoms with E-state index < -0.39 is 0 Å². The van der Waals surface area contributed by atoms with Gasteiger partial charge in [0.25, 0.3) is 0 Å². The molecule has 1 aliphatic rings. The third-order valence-electron chi connectivity index (χ3n) is 4.27. The molecule has 0 atom stereocenters. The van der Waals surface area contributed by atoms with Gasteiger partial charge in [-0.3, -0.25) is 4.79 Å². The van der Waals surface area contributed by atoms with E-state index in [1.165, 1.54) is 0 Å². The van der Waals surface area contributed by atoms with Gasteiger partial charge in [-0.15, -0.1) is 0 Å². The Bertz CT molecular complexity index is 475. The Labute approximate surface area is 127 Å². The van der Waals surface area contributed by atoms with Crippen molar-refractivity contribution in [1.29, 1.82) is 0 Å². The van der Waals surface area contributed by atoms with E-state index in [4.69, 9.17) is 10.2 Å². The van der Waals surface area contributed by atoms with Gasteiger partial charge in [-0.2, -0.15) is 0 Å². The van der Waals surface area contributed by atoms with Crippen LogP contribution >= 0.6 is 0 Å². The molecule has 0 bridgehead atoms. The molecule has 1 aliphatic carbocycles. The number of hydrogen-bond acceptors (Lipinski definition) is 3. The molecule has 4 nitrogen and oxygen atoms in total. The summed E-state index contributed by atoms with van der Waals surface area (Å²) >= 11 is 0. The normalized spacial score (nSPS) is 15.2. The van der Waals surface area contributed by atoms with E-state index in [0.717, 1.165) is 37.2 Å². The summed E-state index contributed by atoms with van der Waals surface area (Å²) in [6, 6.07) is 4.34.